The van der Waals surface area contributed by atoms with Crippen molar-refractivity contribution < 1.29 is 4.74 Å². The van der Waals surface area contributed by atoms with Crippen LogP contribution >= 0.6 is 11.3 Å². The van der Waals surface area contributed by atoms with Crippen LogP contribution in [0.1, 0.15) is 25.7 Å². The Hall–Kier alpha value is -2.18. The number of anilines is 2. The number of morpholine rings is 1. The number of hydrogen-bond donors (Lipinski definition) is 0. The van der Waals surface area contributed by atoms with Crippen molar-refractivity contribution in [2.45, 2.75) is 25.7 Å². The summed E-state index contributed by atoms with van der Waals surface area (Å²) >= 11 is 1.90. The quantitative estimate of drug-likeness (QED) is 0.469. The van der Waals surface area contributed by atoms with Crippen LogP contribution in [0.2, 0.25) is 0 Å². The summed E-state index contributed by atoms with van der Waals surface area (Å²) in [5, 5.41) is 1.28. The molecule has 3 fully saturated rings. The third kappa shape index (κ3) is 3.36. The molecule has 3 saturated heterocycles. The van der Waals surface area contributed by atoms with E-state index in [4.69, 9.17) is 9.72 Å². The molecule has 0 bridgehead atoms. The van der Waals surface area contributed by atoms with Gasteiger partial charge in [-0.05, 0) is 49.9 Å². The molecule has 156 valence electrons. The summed E-state index contributed by atoms with van der Waals surface area (Å²) in [5.74, 6) is 0. The molecule has 0 amide bonds. The first-order chi connectivity index (χ1) is 14.8. The predicted molar refractivity (Wildman–Crippen MR) is 125 cm³/mol. The summed E-state index contributed by atoms with van der Waals surface area (Å²) < 4.78 is 9.38. The van der Waals surface area contributed by atoms with Crippen molar-refractivity contribution in [2.24, 2.45) is 0 Å². The van der Waals surface area contributed by atoms with E-state index in [9.17, 15) is 0 Å². The lowest BCUT2D eigenvalue weighted by Crippen LogP contribution is -2.41. The minimum absolute atomic E-state index is 0.797. The first-order valence-corrected chi connectivity index (χ1v) is 12.2. The van der Waals surface area contributed by atoms with Gasteiger partial charge in [-0.3, -0.25) is 0 Å². The number of aromatic nitrogens is 1. The van der Waals surface area contributed by atoms with Crippen molar-refractivity contribution in [3.8, 4) is 10.6 Å². The Kier molecular flexibility index (Phi) is 4.84. The van der Waals surface area contributed by atoms with Crippen molar-refractivity contribution in [1.29, 1.82) is 0 Å². The zero-order chi connectivity index (χ0) is 19.9. The Morgan fingerprint density at radius 2 is 1.53 bits per heavy atom. The summed E-state index contributed by atoms with van der Waals surface area (Å²) in [6.45, 7) is 8.16. The molecule has 1 aliphatic carbocycles. The maximum absolute atomic E-state index is 5.62. The number of nitrogens with zero attached hydrogens (tertiary/aromatic N) is 4. The Bertz CT molecular complexity index is 1100. The van der Waals surface area contributed by atoms with Gasteiger partial charge in [0.1, 0.15) is 13.2 Å². The maximum atomic E-state index is 5.62. The van der Waals surface area contributed by atoms with Crippen LogP contribution in [0.5, 0.6) is 0 Å². The molecule has 1 aromatic rings. The standard InChI is InChI=1S/C24H29N4OS/c1-2-8-26(7-1)18-5-6-20-22(16-18)30-23-17-19(27-9-3-4-10-27)15-21(24(23)25-20)28-11-13-29-14-12-28/h5-6,15-17H,1-4,7-14H2/q+1. The Morgan fingerprint density at radius 1 is 0.833 bits per heavy atom. The fourth-order valence-corrected chi connectivity index (χ4v) is 6.12. The zero-order valence-corrected chi connectivity index (χ0v) is 18.3. The van der Waals surface area contributed by atoms with E-state index in [-0.39, 0.29) is 0 Å². The van der Waals surface area contributed by atoms with Crippen molar-refractivity contribution in [1.82, 2.24) is 9.56 Å². The van der Waals surface area contributed by atoms with Crippen LogP contribution < -0.4 is 19.7 Å². The molecule has 6 rings (SSSR count). The van der Waals surface area contributed by atoms with Crippen LogP contribution in [0, 0.1) is 0 Å². The SMILES string of the molecule is c1cc2nc3c(=[N+]4CCOCC4)cc(N4CCCC4)cc-3sc2cc1N1CCCC1. The summed E-state index contributed by atoms with van der Waals surface area (Å²) in [7, 11) is 0. The van der Waals surface area contributed by atoms with Gasteiger partial charge in [0.25, 0.3) is 0 Å². The molecule has 1 aromatic carbocycles. The monoisotopic (exact) mass is 421 g/mol. The molecular formula is C24H29N4OS+. The third-order valence-corrected chi connectivity index (χ3v) is 7.81. The van der Waals surface area contributed by atoms with Gasteiger partial charge >= 0.3 is 0 Å². The number of rotatable bonds is 2. The fraction of sp³-hybridized carbons (Fsp3) is 0.500. The van der Waals surface area contributed by atoms with E-state index in [1.165, 1.54) is 78.2 Å². The molecule has 0 atom stereocenters. The van der Waals surface area contributed by atoms with Gasteiger partial charge in [-0.2, -0.15) is 0 Å². The van der Waals surface area contributed by atoms with Gasteiger partial charge in [-0.15, -0.1) is 11.3 Å². The Balaban J connectivity index is 1.55. The molecule has 0 aromatic heterocycles. The van der Waals surface area contributed by atoms with Crippen LogP contribution in [0.15, 0.2) is 30.3 Å². The largest absolute Gasteiger partial charge is 0.371 e. The molecule has 0 saturated carbocycles. The summed E-state index contributed by atoms with van der Waals surface area (Å²) in [4.78, 5) is 11.5. The number of benzene rings is 2. The molecule has 0 radical (unpaired) electrons. The van der Waals surface area contributed by atoms with Crippen molar-refractivity contribution in [3.05, 3.63) is 35.7 Å². The second-order valence-corrected chi connectivity index (χ2v) is 9.75. The highest BCUT2D eigenvalue weighted by molar-refractivity contribution is 7.21. The Morgan fingerprint density at radius 3 is 2.27 bits per heavy atom. The Labute approximate surface area is 181 Å². The lowest BCUT2D eigenvalue weighted by Gasteiger charge is -2.20. The fourth-order valence-electron chi connectivity index (χ4n) is 5.06. The van der Waals surface area contributed by atoms with Crippen LogP contribution in [-0.2, 0) is 4.74 Å². The van der Waals surface area contributed by atoms with E-state index in [1.807, 2.05) is 11.3 Å². The molecule has 30 heavy (non-hydrogen) atoms. The summed E-state index contributed by atoms with van der Waals surface area (Å²) in [6.07, 6.45) is 5.20. The molecule has 6 heteroatoms. The minimum Gasteiger partial charge on any atom is -0.371 e. The molecule has 0 unspecified atom stereocenters. The zero-order valence-electron chi connectivity index (χ0n) is 17.5. The van der Waals surface area contributed by atoms with E-state index in [2.05, 4.69) is 44.7 Å². The smallest absolute Gasteiger partial charge is 0.229 e. The maximum Gasteiger partial charge on any atom is 0.229 e. The first-order valence-electron chi connectivity index (χ1n) is 11.4. The first kappa shape index (κ1) is 18.6. The highest BCUT2D eigenvalue weighted by Crippen LogP contribution is 2.34. The van der Waals surface area contributed by atoms with E-state index in [1.54, 1.807) is 0 Å². The second kappa shape index (κ2) is 7.82. The topological polar surface area (TPSA) is 31.6 Å². The number of fused-ring (bicyclic) bond motifs is 2. The van der Waals surface area contributed by atoms with Gasteiger partial charge < -0.3 is 14.5 Å². The second-order valence-electron chi connectivity index (χ2n) is 8.67. The van der Waals surface area contributed by atoms with Crippen LogP contribution in [0.3, 0.4) is 0 Å². The van der Waals surface area contributed by atoms with E-state index < -0.39 is 0 Å². The van der Waals surface area contributed by atoms with E-state index in [0.29, 0.717) is 0 Å². The van der Waals surface area contributed by atoms with Gasteiger partial charge in [0.2, 0.25) is 5.36 Å². The molecule has 0 N–H and O–H groups in total. The highest BCUT2D eigenvalue weighted by atomic mass is 32.1. The van der Waals surface area contributed by atoms with E-state index >= 15 is 0 Å². The molecule has 4 heterocycles. The van der Waals surface area contributed by atoms with Crippen LogP contribution in [-0.4, -0.2) is 57.5 Å². The van der Waals surface area contributed by atoms with Crippen molar-refractivity contribution in [2.75, 3.05) is 62.3 Å². The molecular weight excluding hydrogens is 392 g/mol. The van der Waals surface area contributed by atoms with Crippen LogP contribution in [0.25, 0.3) is 20.8 Å². The number of hydrogen-bond acceptors (Lipinski definition) is 5. The highest BCUT2D eigenvalue weighted by Gasteiger charge is 2.23. The molecule has 0 spiro atoms. The van der Waals surface area contributed by atoms with Gasteiger partial charge in [-0.1, -0.05) is 0 Å². The van der Waals surface area contributed by atoms with Crippen LogP contribution in [0.4, 0.5) is 11.4 Å². The lowest BCUT2D eigenvalue weighted by molar-refractivity contribution is 0.0966. The number of ether oxygens (including phenoxy) is 1. The van der Waals surface area contributed by atoms with E-state index in [0.717, 1.165) is 37.5 Å². The van der Waals surface area contributed by atoms with Gasteiger partial charge in [-0.25, -0.2) is 9.56 Å². The molecule has 5 nitrogen and oxygen atoms in total. The summed E-state index contributed by atoms with van der Waals surface area (Å²) in [5.41, 5.74) is 4.96. The molecule has 5 aliphatic rings. The average Bonchev–Trinajstić information content (AvgIpc) is 3.52. The minimum atomic E-state index is 0.797. The van der Waals surface area contributed by atoms with Gasteiger partial charge in [0.15, 0.2) is 18.8 Å². The average molecular weight is 422 g/mol. The summed E-state index contributed by atoms with van der Waals surface area (Å²) in [6, 6.07) is 11.6. The lowest BCUT2D eigenvalue weighted by atomic mass is 10.2. The predicted octanol–water partition coefficient (Wildman–Crippen LogP) is 3.40. The normalized spacial score (nSPS) is 20.1. The van der Waals surface area contributed by atoms with Gasteiger partial charge in [0, 0.05) is 43.6 Å². The van der Waals surface area contributed by atoms with Gasteiger partial charge in [0.05, 0.1) is 15.1 Å². The van der Waals surface area contributed by atoms with Crippen molar-refractivity contribution in [3.63, 3.8) is 0 Å². The third-order valence-electron chi connectivity index (χ3n) is 6.73. The van der Waals surface area contributed by atoms with Crippen molar-refractivity contribution >= 4 is 32.9 Å². The molecule has 4 aliphatic heterocycles.